The summed E-state index contributed by atoms with van der Waals surface area (Å²) in [7, 11) is 0. The molecule has 0 atom stereocenters. The zero-order chi connectivity index (χ0) is 18.4. The third-order valence-electron chi connectivity index (χ3n) is 2.67. The molecule has 1 rings (SSSR count). The van der Waals surface area contributed by atoms with E-state index in [9.17, 15) is 22.8 Å². The number of rotatable bonds is 6. The number of hydrogen-bond acceptors (Lipinski definition) is 4. The fraction of sp³-hybridized carbons (Fsp3) is 0.467. The lowest BCUT2D eigenvalue weighted by Gasteiger charge is -2.20. The number of benzene rings is 1. The van der Waals surface area contributed by atoms with Crippen LogP contribution < -0.4 is 16.0 Å². The zero-order valence-corrected chi connectivity index (χ0v) is 13.6. The van der Waals surface area contributed by atoms with Crippen LogP contribution in [0, 0.1) is 0 Å². The van der Waals surface area contributed by atoms with Crippen molar-refractivity contribution in [2.75, 3.05) is 23.7 Å². The Labute approximate surface area is 137 Å². The quantitative estimate of drug-likeness (QED) is 0.545. The van der Waals surface area contributed by atoms with Gasteiger partial charge in [-0.15, -0.1) is 0 Å². The van der Waals surface area contributed by atoms with Gasteiger partial charge in [-0.2, -0.15) is 13.2 Å². The fourth-order valence-electron chi connectivity index (χ4n) is 1.73. The minimum absolute atomic E-state index is 0.00269. The molecule has 0 aliphatic carbocycles. The molecular formula is C15H20F3N3O3. The van der Waals surface area contributed by atoms with Gasteiger partial charge < -0.3 is 20.7 Å². The van der Waals surface area contributed by atoms with Crippen LogP contribution in [0.5, 0.6) is 0 Å². The van der Waals surface area contributed by atoms with E-state index in [-0.39, 0.29) is 18.8 Å². The van der Waals surface area contributed by atoms with Gasteiger partial charge in [0.15, 0.2) is 0 Å². The van der Waals surface area contributed by atoms with Gasteiger partial charge in [0.1, 0.15) is 5.60 Å². The van der Waals surface area contributed by atoms with Crippen LogP contribution >= 0.6 is 0 Å². The summed E-state index contributed by atoms with van der Waals surface area (Å²) in [6, 6.07) is 2.94. The first-order valence-corrected chi connectivity index (χ1v) is 7.15. The molecule has 0 radical (unpaired) electrons. The van der Waals surface area contributed by atoms with Crippen LogP contribution in [0.3, 0.4) is 0 Å². The van der Waals surface area contributed by atoms with Gasteiger partial charge in [0.25, 0.3) is 0 Å². The first-order valence-electron chi connectivity index (χ1n) is 7.15. The Morgan fingerprint density at radius 1 is 1.17 bits per heavy atom. The number of halogens is 3. The molecule has 1 aromatic carbocycles. The summed E-state index contributed by atoms with van der Waals surface area (Å²) in [5.41, 5.74) is -1.19. The van der Waals surface area contributed by atoms with E-state index in [1.54, 1.807) is 20.8 Å². The number of carbonyl (C=O) groups excluding carboxylic acids is 2. The summed E-state index contributed by atoms with van der Waals surface area (Å²) < 4.78 is 43.1. The second kappa shape index (κ2) is 7.89. The van der Waals surface area contributed by atoms with Gasteiger partial charge in [0.05, 0.1) is 16.9 Å². The molecule has 0 saturated heterocycles. The van der Waals surface area contributed by atoms with Crippen LogP contribution in [0.2, 0.25) is 0 Å². The van der Waals surface area contributed by atoms with E-state index in [2.05, 4.69) is 16.0 Å². The van der Waals surface area contributed by atoms with Crippen molar-refractivity contribution in [3.05, 3.63) is 23.8 Å². The third-order valence-corrected chi connectivity index (χ3v) is 2.67. The van der Waals surface area contributed by atoms with Crippen molar-refractivity contribution in [3.63, 3.8) is 0 Å². The van der Waals surface area contributed by atoms with Gasteiger partial charge in [-0.05, 0) is 39.0 Å². The summed E-state index contributed by atoms with van der Waals surface area (Å²) in [6.45, 7) is 5.60. The molecular weight excluding hydrogens is 327 g/mol. The molecule has 0 bridgehead atoms. The zero-order valence-electron chi connectivity index (χ0n) is 13.6. The predicted molar refractivity (Wildman–Crippen MR) is 83.9 cm³/mol. The van der Waals surface area contributed by atoms with Crippen molar-refractivity contribution in [2.45, 2.75) is 32.5 Å². The predicted octanol–water partition coefficient (Wildman–Crippen LogP) is 3.21. The summed E-state index contributed by atoms with van der Waals surface area (Å²) in [6.07, 6.45) is -4.81. The smallest absolute Gasteiger partial charge is 0.416 e. The van der Waals surface area contributed by atoms with Crippen molar-refractivity contribution in [1.82, 2.24) is 5.32 Å². The van der Waals surface area contributed by atoms with Gasteiger partial charge in [-0.1, -0.05) is 0 Å². The summed E-state index contributed by atoms with van der Waals surface area (Å²) in [4.78, 5) is 22.0. The van der Waals surface area contributed by atoms with Crippen LogP contribution in [0.25, 0.3) is 0 Å². The lowest BCUT2D eigenvalue weighted by atomic mass is 10.1. The van der Waals surface area contributed by atoms with E-state index < -0.39 is 23.4 Å². The van der Waals surface area contributed by atoms with E-state index in [4.69, 9.17) is 4.74 Å². The molecule has 0 aromatic heterocycles. The lowest BCUT2D eigenvalue weighted by Crippen LogP contribution is -2.35. The highest BCUT2D eigenvalue weighted by Crippen LogP contribution is 2.33. The van der Waals surface area contributed by atoms with Gasteiger partial charge in [-0.3, -0.25) is 4.79 Å². The van der Waals surface area contributed by atoms with Gasteiger partial charge in [0.2, 0.25) is 6.41 Å². The van der Waals surface area contributed by atoms with E-state index in [1.807, 2.05) is 0 Å². The van der Waals surface area contributed by atoms with E-state index in [0.29, 0.717) is 12.1 Å². The number of amides is 2. The molecule has 6 nitrogen and oxygen atoms in total. The molecule has 24 heavy (non-hydrogen) atoms. The number of nitrogens with one attached hydrogen (secondary N) is 3. The summed E-state index contributed by atoms with van der Waals surface area (Å²) in [5.74, 6) is 0. The Balaban J connectivity index is 2.61. The van der Waals surface area contributed by atoms with Gasteiger partial charge in [0, 0.05) is 13.1 Å². The maximum atomic E-state index is 12.7. The third kappa shape index (κ3) is 6.76. The second-order valence-electron chi connectivity index (χ2n) is 5.88. The lowest BCUT2D eigenvalue weighted by molar-refractivity contribution is -0.137. The van der Waals surface area contributed by atoms with Crippen LogP contribution in [-0.4, -0.2) is 31.2 Å². The van der Waals surface area contributed by atoms with E-state index in [1.165, 1.54) is 6.07 Å². The first-order chi connectivity index (χ1) is 11.0. The normalized spacial score (nSPS) is 11.6. The van der Waals surface area contributed by atoms with E-state index >= 15 is 0 Å². The fourth-order valence-corrected chi connectivity index (χ4v) is 1.73. The van der Waals surface area contributed by atoms with Gasteiger partial charge >= 0.3 is 12.3 Å². The SMILES string of the molecule is CC(C)(C)OC(=O)NCCNc1ccc(C(F)(F)F)cc1NC=O. The first kappa shape index (κ1) is 19.6. The maximum absolute atomic E-state index is 12.7. The number of alkyl halides is 3. The molecule has 0 saturated carbocycles. The van der Waals surface area contributed by atoms with Crippen molar-refractivity contribution < 1.29 is 27.5 Å². The Morgan fingerprint density at radius 2 is 1.83 bits per heavy atom. The number of alkyl carbamates (subject to hydrolysis) is 1. The van der Waals surface area contributed by atoms with Crippen molar-refractivity contribution in [2.24, 2.45) is 0 Å². The minimum atomic E-state index is -4.50. The van der Waals surface area contributed by atoms with Crippen molar-refractivity contribution in [3.8, 4) is 0 Å². The van der Waals surface area contributed by atoms with Crippen molar-refractivity contribution in [1.29, 1.82) is 0 Å². The monoisotopic (exact) mass is 347 g/mol. The number of ether oxygens (including phenoxy) is 1. The second-order valence-corrected chi connectivity index (χ2v) is 5.88. The van der Waals surface area contributed by atoms with Gasteiger partial charge in [-0.25, -0.2) is 4.79 Å². The summed E-state index contributed by atoms with van der Waals surface area (Å²) >= 11 is 0. The van der Waals surface area contributed by atoms with Crippen LogP contribution in [0.15, 0.2) is 18.2 Å². The molecule has 134 valence electrons. The molecule has 0 unspecified atom stereocenters. The Bertz CT molecular complexity index is 584. The topological polar surface area (TPSA) is 79.5 Å². The molecule has 2 amide bonds. The van der Waals surface area contributed by atoms with E-state index in [0.717, 1.165) is 12.1 Å². The minimum Gasteiger partial charge on any atom is -0.444 e. The highest BCUT2D eigenvalue weighted by molar-refractivity contribution is 5.81. The Hall–Kier alpha value is -2.45. The molecule has 3 N–H and O–H groups in total. The number of carbonyl (C=O) groups is 2. The Kier molecular flexibility index (Phi) is 6.44. The molecule has 0 fully saturated rings. The molecule has 0 aliphatic heterocycles. The number of hydrogen-bond donors (Lipinski definition) is 3. The largest absolute Gasteiger partial charge is 0.444 e. The average Bonchev–Trinajstić information content (AvgIpc) is 2.42. The molecule has 0 spiro atoms. The van der Waals surface area contributed by atoms with Crippen molar-refractivity contribution >= 4 is 23.9 Å². The van der Waals surface area contributed by atoms with Crippen LogP contribution in [0.4, 0.5) is 29.3 Å². The number of anilines is 2. The highest BCUT2D eigenvalue weighted by Gasteiger charge is 2.31. The molecule has 9 heteroatoms. The van der Waals surface area contributed by atoms with Crippen LogP contribution in [0.1, 0.15) is 26.3 Å². The molecule has 0 aliphatic rings. The maximum Gasteiger partial charge on any atom is 0.416 e. The standard InChI is InChI=1S/C15H20F3N3O3/c1-14(2,3)24-13(23)20-7-6-19-11-5-4-10(15(16,17)18)8-12(11)21-9-22/h4-5,8-9,19H,6-7H2,1-3H3,(H,20,23)(H,21,22). The highest BCUT2D eigenvalue weighted by atomic mass is 19.4. The summed E-state index contributed by atoms with van der Waals surface area (Å²) in [5, 5.41) is 7.55. The molecule has 0 heterocycles. The average molecular weight is 347 g/mol. The van der Waals surface area contributed by atoms with Crippen LogP contribution in [-0.2, 0) is 15.7 Å². The Morgan fingerprint density at radius 3 is 2.38 bits per heavy atom. The molecule has 1 aromatic rings.